The third-order valence-corrected chi connectivity index (χ3v) is 4.84. The molecule has 0 spiro atoms. The molecule has 1 amide bonds. The van der Waals surface area contributed by atoms with E-state index >= 15 is 0 Å². The SMILES string of the molecule is CNC(=O)c1ccc(N2CCOC(c3ccc(Br)cc3)C2)c([N+](=O)[O-])c1. The molecule has 1 aliphatic heterocycles. The first-order chi connectivity index (χ1) is 12.5. The number of carbonyl (C=O) groups is 1. The van der Waals surface area contributed by atoms with Gasteiger partial charge in [0.05, 0.1) is 11.5 Å². The lowest BCUT2D eigenvalue weighted by Gasteiger charge is -2.34. The largest absolute Gasteiger partial charge is 0.370 e. The number of amides is 1. The van der Waals surface area contributed by atoms with Crippen LogP contribution in [0.25, 0.3) is 0 Å². The first kappa shape index (κ1) is 18.3. The second kappa shape index (κ2) is 7.84. The fraction of sp³-hybridized carbons (Fsp3) is 0.278. The van der Waals surface area contributed by atoms with Gasteiger partial charge in [-0.3, -0.25) is 14.9 Å². The van der Waals surface area contributed by atoms with Gasteiger partial charge in [-0.05, 0) is 29.8 Å². The molecule has 8 heteroatoms. The number of halogens is 1. The number of hydrogen-bond donors (Lipinski definition) is 1. The molecule has 26 heavy (non-hydrogen) atoms. The van der Waals surface area contributed by atoms with Crippen molar-refractivity contribution < 1.29 is 14.5 Å². The van der Waals surface area contributed by atoms with Crippen LogP contribution in [0.2, 0.25) is 0 Å². The van der Waals surface area contributed by atoms with Crippen molar-refractivity contribution >= 4 is 33.2 Å². The minimum atomic E-state index is -0.453. The number of anilines is 1. The number of ether oxygens (including phenoxy) is 1. The van der Waals surface area contributed by atoms with Crippen molar-refractivity contribution in [1.82, 2.24) is 5.32 Å². The molecule has 0 aliphatic carbocycles. The Bertz CT molecular complexity index is 826. The van der Waals surface area contributed by atoms with E-state index < -0.39 is 4.92 Å². The Morgan fingerprint density at radius 2 is 2.04 bits per heavy atom. The molecular weight excluding hydrogens is 402 g/mol. The summed E-state index contributed by atoms with van der Waals surface area (Å²) in [5, 5.41) is 14.0. The Labute approximate surface area is 159 Å². The average molecular weight is 420 g/mol. The summed E-state index contributed by atoms with van der Waals surface area (Å²) in [6.45, 7) is 1.52. The molecule has 1 aliphatic rings. The summed E-state index contributed by atoms with van der Waals surface area (Å²) < 4.78 is 6.83. The zero-order valence-corrected chi connectivity index (χ0v) is 15.7. The molecular formula is C18H18BrN3O4. The first-order valence-electron chi connectivity index (χ1n) is 8.12. The van der Waals surface area contributed by atoms with E-state index in [9.17, 15) is 14.9 Å². The summed E-state index contributed by atoms with van der Waals surface area (Å²) in [5.74, 6) is -0.352. The number of carbonyl (C=O) groups excluding carboxylic acids is 1. The van der Waals surface area contributed by atoms with E-state index in [1.54, 1.807) is 12.1 Å². The van der Waals surface area contributed by atoms with Crippen LogP contribution in [0.1, 0.15) is 22.0 Å². The van der Waals surface area contributed by atoms with E-state index in [1.165, 1.54) is 13.1 Å². The molecule has 1 unspecified atom stereocenters. The summed E-state index contributed by atoms with van der Waals surface area (Å²) in [4.78, 5) is 24.8. The second-order valence-corrected chi connectivity index (χ2v) is 6.81. The number of nitrogens with one attached hydrogen (secondary N) is 1. The Hall–Kier alpha value is -2.45. The van der Waals surface area contributed by atoms with Crippen LogP contribution in [-0.4, -0.2) is 37.6 Å². The average Bonchev–Trinajstić information content (AvgIpc) is 2.67. The number of benzene rings is 2. The van der Waals surface area contributed by atoms with Crippen molar-refractivity contribution in [3.63, 3.8) is 0 Å². The van der Waals surface area contributed by atoms with Gasteiger partial charge in [0.1, 0.15) is 11.8 Å². The normalized spacial score (nSPS) is 17.0. The Balaban J connectivity index is 1.88. The van der Waals surface area contributed by atoms with Gasteiger partial charge in [0.15, 0.2) is 0 Å². The van der Waals surface area contributed by atoms with Gasteiger partial charge >= 0.3 is 0 Å². The second-order valence-electron chi connectivity index (χ2n) is 5.90. The molecule has 0 bridgehead atoms. The van der Waals surface area contributed by atoms with E-state index in [-0.39, 0.29) is 23.3 Å². The lowest BCUT2D eigenvalue weighted by Crippen LogP contribution is -2.38. The van der Waals surface area contributed by atoms with Crippen LogP contribution < -0.4 is 10.2 Å². The van der Waals surface area contributed by atoms with Crippen LogP contribution in [0.15, 0.2) is 46.9 Å². The molecule has 1 saturated heterocycles. The molecule has 0 radical (unpaired) electrons. The summed E-state index contributed by atoms with van der Waals surface area (Å²) >= 11 is 3.41. The van der Waals surface area contributed by atoms with Gasteiger partial charge in [-0.15, -0.1) is 0 Å². The van der Waals surface area contributed by atoms with E-state index in [0.717, 1.165) is 10.0 Å². The molecule has 3 rings (SSSR count). The maximum atomic E-state index is 11.8. The molecule has 0 saturated carbocycles. The van der Waals surface area contributed by atoms with E-state index in [1.807, 2.05) is 29.2 Å². The molecule has 2 aromatic carbocycles. The molecule has 1 heterocycles. The highest BCUT2D eigenvalue weighted by Crippen LogP contribution is 2.33. The standard InChI is InChI=1S/C18H18BrN3O4/c1-20-18(23)13-4-7-15(16(10-13)22(24)25)21-8-9-26-17(11-21)12-2-5-14(19)6-3-12/h2-7,10,17H,8-9,11H2,1H3,(H,20,23). The van der Waals surface area contributed by atoms with Crippen molar-refractivity contribution in [2.24, 2.45) is 0 Å². The van der Waals surface area contributed by atoms with E-state index in [4.69, 9.17) is 4.74 Å². The maximum Gasteiger partial charge on any atom is 0.293 e. The Morgan fingerprint density at radius 1 is 1.31 bits per heavy atom. The number of morpholine rings is 1. The molecule has 7 nitrogen and oxygen atoms in total. The third kappa shape index (κ3) is 3.86. The van der Waals surface area contributed by atoms with E-state index in [2.05, 4.69) is 21.2 Å². The third-order valence-electron chi connectivity index (χ3n) is 4.31. The van der Waals surface area contributed by atoms with Crippen LogP contribution in [0.3, 0.4) is 0 Å². The van der Waals surface area contributed by atoms with Crippen molar-refractivity contribution in [3.05, 3.63) is 68.2 Å². The fourth-order valence-electron chi connectivity index (χ4n) is 2.97. The van der Waals surface area contributed by atoms with Gasteiger partial charge in [0, 0.05) is 36.2 Å². The molecule has 1 N–H and O–H groups in total. The number of nitro groups is 1. The topological polar surface area (TPSA) is 84.7 Å². The first-order valence-corrected chi connectivity index (χ1v) is 8.91. The predicted molar refractivity (Wildman–Crippen MR) is 102 cm³/mol. The number of rotatable bonds is 4. The summed E-state index contributed by atoms with van der Waals surface area (Å²) in [7, 11) is 1.49. The van der Waals surface area contributed by atoms with Crippen molar-refractivity contribution in [1.29, 1.82) is 0 Å². The molecule has 136 valence electrons. The Morgan fingerprint density at radius 3 is 2.69 bits per heavy atom. The maximum absolute atomic E-state index is 11.8. The highest BCUT2D eigenvalue weighted by atomic mass is 79.9. The minimum Gasteiger partial charge on any atom is -0.370 e. The lowest BCUT2D eigenvalue weighted by molar-refractivity contribution is -0.384. The van der Waals surface area contributed by atoms with Crippen LogP contribution in [0.4, 0.5) is 11.4 Å². The number of hydrogen-bond acceptors (Lipinski definition) is 5. The van der Waals surface area contributed by atoms with Gasteiger partial charge in [-0.2, -0.15) is 0 Å². The van der Waals surface area contributed by atoms with Crippen molar-refractivity contribution in [2.75, 3.05) is 31.6 Å². The lowest BCUT2D eigenvalue weighted by atomic mass is 10.1. The van der Waals surface area contributed by atoms with Crippen LogP contribution in [-0.2, 0) is 4.74 Å². The van der Waals surface area contributed by atoms with Crippen LogP contribution >= 0.6 is 15.9 Å². The van der Waals surface area contributed by atoms with Crippen LogP contribution in [0, 0.1) is 10.1 Å². The molecule has 2 aromatic rings. The van der Waals surface area contributed by atoms with Crippen molar-refractivity contribution in [3.8, 4) is 0 Å². The monoisotopic (exact) mass is 419 g/mol. The summed E-state index contributed by atoms with van der Waals surface area (Å²) in [6.07, 6.45) is -0.171. The zero-order valence-electron chi connectivity index (χ0n) is 14.1. The van der Waals surface area contributed by atoms with Gasteiger partial charge in [-0.25, -0.2) is 0 Å². The van der Waals surface area contributed by atoms with Gasteiger partial charge in [0.2, 0.25) is 0 Å². The summed E-state index contributed by atoms with van der Waals surface area (Å²) in [5.41, 5.74) is 1.69. The van der Waals surface area contributed by atoms with Gasteiger partial charge in [-0.1, -0.05) is 28.1 Å². The summed E-state index contributed by atoms with van der Waals surface area (Å²) in [6, 6.07) is 12.4. The highest BCUT2D eigenvalue weighted by Gasteiger charge is 2.27. The molecule has 1 atom stereocenters. The highest BCUT2D eigenvalue weighted by molar-refractivity contribution is 9.10. The fourth-order valence-corrected chi connectivity index (χ4v) is 3.23. The number of nitrogens with zero attached hydrogens (tertiary/aromatic N) is 2. The Kier molecular flexibility index (Phi) is 5.53. The molecule has 1 fully saturated rings. The van der Waals surface area contributed by atoms with Crippen molar-refractivity contribution in [2.45, 2.75) is 6.10 Å². The van der Waals surface area contributed by atoms with Crippen LogP contribution in [0.5, 0.6) is 0 Å². The predicted octanol–water partition coefficient (Wildman–Crippen LogP) is 3.29. The smallest absolute Gasteiger partial charge is 0.293 e. The molecule has 0 aromatic heterocycles. The quantitative estimate of drug-likeness (QED) is 0.606. The van der Waals surface area contributed by atoms with Gasteiger partial charge in [0.25, 0.3) is 11.6 Å². The number of nitro benzene ring substituents is 1. The van der Waals surface area contributed by atoms with Gasteiger partial charge < -0.3 is 15.0 Å². The zero-order chi connectivity index (χ0) is 18.7. The van der Waals surface area contributed by atoms with E-state index in [0.29, 0.717) is 25.4 Å². The minimum absolute atomic E-state index is 0.0810.